The van der Waals surface area contributed by atoms with E-state index < -0.39 is 45.4 Å². The molecule has 1 saturated heterocycles. The normalized spacial score (nSPS) is 22.7. The second-order valence-electron chi connectivity index (χ2n) is 7.13. The van der Waals surface area contributed by atoms with Gasteiger partial charge in [-0.3, -0.25) is 23.7 Å². The minimum absolute atomic E-state index is 0.154. The Morgan fingerprint density at radius 3 is 2.76 bits per heavy atom. The number of amides is 2. The van der Waals surface area contributed by atoms with Gasteiger partial charge in [0.1, 0.15) is 16.8 Å². The number of aryl methyl sites for hydroxylation is 1. The molecule has 2 aromatic heterocycles. The number of pyridine rings is 1. The number of hydrogen-bond acceptors (Lipinski definition) is 11. The molecule has 4 heterocycles. The van der Waals surface area contributed by atoms with Gasteiger partial charge in [-0.15, -0.1) is 16.9 Å². The summed E-state index contributed by atoms with van der Waals surface area (Å²) in [5.74, 6) is -2.48. The van der Waals surface area contributed by atoms with Crippen molar-refractivity contribution in [2.24, 2.45) is 7.05 Å². The summed E-state index contributed by atoms with van der Waals surface area (Å²) in [4.78, 5) is 43.2. The predicted molar refractivity (Wildman–Crippen MR) is 121 cm³/mol. The van der Waals surface area contributed by atoms with Crippen molar-refractivity contribution in [3.05, 3.63) is 35.8 Å². The number of methoxy groups -OCH3 is 1. The van der Waals surface area contributed by atoms with E-state index in [1.165, 1.54) is 59.8 Å². The van der Waals surface area contributed by atoms with E-state index >= 15 is 0 Å². The zero-order valence-corrected chi connectivity index (χ0v) is 20.4. The van der Waals surface area contributed by atoms with Crippen LogP contribution in [0.25, 0.3) is 0 Å². The summed E-state index contributed by atoms with van der Waals surface area (Å²) in [5, 5.41) is 23.2. The van der Waals surface area contributed by atoms with Crippen molar-refractivity contribution in [1.29, 1.82) is 0 Å². The largest absolute Gasteiger partial charge is 0.477 e. The second-order valence-corrected chi connectivity index (χ2v) is 10.6. The number of tetrazole rings is 1. The molecule has 180 valence electrons. The number of rotatable bonds is 9. The van der Waals surface area contributed by atoms with Crippen LogP contribution in [0.15, 0.2) is 45.8 Å². The van der Waals surface area contributed by atoms with Crippen LogP contribution in [0.5, 0.6) is 0 Å². The highest BCUT2D eigenvalue weighted by Crippen LogP contribution is 2.47. The molecule has 2 aromatic rings. The van der Waals surface area contributed by atoms with Gasteiger partial charge in [-0.05, 0) is 28.1 Å². The minimum atomic E-state index is -1.75. The maximum absolute atomic E-state index is 13.1. The first kappa shape index (κ1) is 24.3. The minimum Gasteiger partial charge on any atom is -0.477 e. The molecule has 2 aliphatic heterocycles. The molecular formula is C18H19N7O6S3. The summed E-state index contributed by atoms with van der Waals surface area (Å²) in [6.45, 7) is 0. The number of carboxylic acid groups (broad SMARTS) is 1. The van der Waals surface area contributed by atoms with Crippen LogP contribution >= 0.6 is 23.5 Å². The Balaban J connectivity index is 1.50. The van der Waals surface area contributed by atoms with Crippen molar-refractivity contribution < 1.29 is 28.4 Å². The van der Waals surface area contributed by atoms with Crippen molar-refractivity contribution in [1.82, 2.24) is 35.4 Å². The molecule has 0 aromatic carbocycles. The van der Waals surface area contributed by atoms with Gasteiger partial charge < -0.3 is 15.2 Å². The lowest BCUT2D eigenvalue weighted by Crippen LogP contribution is -2.80. The Hall–Kier alpha value is -2.82. The summed E-state index contributed by atoms with van der Waals surface area (Å²) >= 11 is 2.51. The molecule has 2 amide bonds. The van der Waals surface area contributed by atoms with E-state index in [2.05, 4.69) is 25.8 Å². The monoisotopic (exact) mass is 525 g/mol. The first-order valence-corrected chi connectivity index (χ1v) is 13.0. The first-order valence-electron chi connectivity index (χ1n) is 9.68. The molecule has 0 saturated carbocycles. The van der Waals surface area contributed by atoms with E-state index in [4.69, 9.17) is 4.74 Å². The van der Waals surface area contributed by atoms with Crippen molar-refractivity contribution >= 4 is 52.1 Å². The van der Waals surface area contributed by atoms with Crippen LogP contribution in [0.3, 0.4) is 0 Å². The van der Waals surface area contributed by atoms with Crippen LogP contribution in [-0.4, -0.2) is 92.7 Å². The lowest BCUT2D eigenvalue weighted by molar-refractivity contribution is -0.192. The summed E-state index contributed by atoms with van der Waals surface area (Å²) < 4.78 is 19.3. The molecule has 34 heavy (non-hydrogen) atoms. The van der Waals surface area contributed by atoms with E-state index in [-0.39, 0.29) is 17.2 Å². The smallest absolute Gasteiger partial charge is 0.352 e. The third-order valence-electron chi connectivity index (χ3n) is 5.09. The molecule has 0 radical (unpaired) electrons. The number of nitrogens with zero attached hydrogens (tertiary/aromatic N) is 6. The summed E-state index contributed by atoms with van der Waals surface area (Å²) in [6.07, 6.45) is 2.93. The fourth-order valence-electron chi connectivity index (χ4n) is 3.49. The van der Waals surface area contributed by atoms with Gasteiger partial charge in [0.25, 0.3) is 11.6 Å². The number of nitrogens with one attached hydrogen (secondary N) is 1. The zero-order valence-electron chi connectivity index (χ0n) is 17.9. The quantitative estimate of drug-likeness (QED) is 0.238. The van der Waals surface area contributed by atoms with Gasteiger partial charge in [0.15, 0.2) is 0 Å². The number of thioether (sulfide) groups is 2. The van der Waals surface area contributed by atoms with Crippen molar-refractivity contribution in [2.75, 3.05) is 24.4 Å². The van der Waals surface area contributed by atoms with Crippen LogP contribution in [0, 0.1) is 0 Å². The van der Waals surface area contributed by atoms with Gasteiger partial charge in [0.05, 0.1) is 10.8 Å². The topological polar surface area (TPSA) is 170 Å². The number of hydrogen-bond donors (Lipinski definition) is 2. The van der Waals surface area contributed by atoms with Gasteiger partial charge in [-0.25, -0.2) is 9.48 Å². The number of β-lactam (4-membered cyclic amide) rings is 1. The summed E-state index contributed by atoms with van der Waals surface area (Å²) in [7, 11) is 1.27. The number of carbonyl (C=O) groups excluding carboxylic acids is 2. The molecular weight excluding hydrogens is 506 g/mol. The summed E-state index contributed by atoms with van der Waals surface area (Å²) in [6, 6.07) is 3.06. The van der Waals surface area contributed by atoms with Crippen molar-refractivity contribution in [2.45, 2.75) is 21.2 Å². The fraction of sp³-hybridized carbons (Fsp3) is 0.389. The van der Waals surface area contributed by atoms with Crippen LogP contribution in [0.2, 0.25) is 0 Å². The SMILES string of the molecule is CO[C@@]1(NC(=O)CS(=O)c2ccncc2)C(=O)N2C(C(=O)O)=C(CSc3nnnn3C)CS[C@H]21. The van der Waals surface area contributed by atoms with Gasteiger partial charge in [0.2, 0.25) is 11.1 Å². The van der Waals surface area contributed by atoms with E-state index in [1.807, 2.05) is 0 Å². The van der Waals surface area contributed by atoms with E-state index in [0.717, 1.165) is 4.90 Å². The van der Waals surface area contributed by atoms with Crippen LogP contribution in [0.1, 0.15) is 0 Å². The number of ether oxygens (including phenoxy) is 1. The molecule has 2 N–H and O–H groups in total. The average molecular weight is 526 g/mol. The molecule has 3 atom stereocenters. The molecule has 0 spiro atoms. The van der Waals surface area contributed by atoms with Gasteiger partial charge in [-0.2, -0.15) is 0 Å². The predicted octanol–water partition coefficient (Wildman–Crippen LogP) is -0.782. The average Bonchev–Trinajstić information content (AvgIpc) is 3.25. The van der Waals surface area contributed by atoms with Gasteiger partial charge in [0, 0.05) is 43.0 Å². The molecule has 4 rings (SSSR count). The Morgan fingerprint density at radius 2 is 2.15 bits per heavy atom. The Bertz CT molecular complexity index is 1190. The number of aromatic nitrogens is 5. The number of aliphatic carboxylic acids is 1. The highest BCUT2D eigenvalue weighted by atomic mass is 32.2. The molecule has 16 heteroatoms. The zero-order chi connectivity index (χ0) is 24.5. The second kappa shape index (κ2) is 9.81. The first-order chi connectivity index (χ1) is 16.3. The maximum atomic E-state index is 13.1. The molecule has 1 unspecified atom stereocenters. The third kappa shape index (κ3) is 4.33. The standard InChI is InChI=1S/C18H19N7O6S3/c1-24-17(21-22-23-24)33-8-10-7-32-16-18(31-2,15(29)25(16)13(10)14(27)28)20-12(26)9-34(30)11-3-5-19-6-4-11/h3-6,16H,7-9H2,1-2H3,(H,20,26)(H,27,28)/t16-,18-,34?/m0/s1. The van der Waals surface area contributed by atoms with Crippen LogP contribution < -0.4 is 5.32 Å². The molecule has 0 bridgehead atoms. The fourth-order valence-corrected chi connectivity index (χ4v) is 6.82. The molecule has 0 aliphatic carbocycles. The van der Waals surface area contributed by atoms with E-state index in [1.54, 1.807) is 7.05 Å². The van der Waals surface area contributed by atoms with Gasteiger partial charge >= 0.3 is 5.97 Å². The number of fused-ring (bicyclic) bond motifs is 1. The third-order valence-corrected chi connectivity index (χ3v) is 8.88. The van der Waals surface area contributed by atoms with Crippen molar-refractivity contribution in [3.63, 3.8) is 0 Å². The Morgan fingerprint density at radius 1 is 1.41 bits per heavy atom. The molecule has 13 nitrogen and oxygen atoms in total. The molecule has 2 aliphatic rings. The Kier molecular flexibility index (Phi) is 7.01. The maximum Gasteiger partial charge on any atom is 0.352 e. The lowest BCUT2D eigenvalue weighted by atomic mass is 9.98. The van der Waals surface area contributed by atoms with E-state index in [0.29, 0.717) is 15.6 Å². The summed E-state index contributed by atoms with van der Waals surface area (Å²) in [5.41, 5.74) is -1.39. The Labute approximate surface area is 204 Å². The lowest BCUT2D eigenvalue weighted by Gasteiger charge is -2.55. The number of carboxylic acids is 1. The molecule has 1 fully saturated rings. The van der Waals surface area contributed by atoms with Crippen LogP contribution in [-0.2, 0) is 37.0 Å². The highest BCUT2D eigenvalue weighted by Gasteiger charge is 2.66. The van der Waals surface area contributed by atoms with Crippen molar-refractivity contribution in [3.8, 4) is 0 Å². The van der Waals surface area contributed by atoms with E-state index in [9.17, 15) is 23.7 Å². The highest BCUT2D eigenvalue weighted by molar-refractivity contribution is 8.01. The van der Waals surface area contributed by atoms with Gasteiger partial charge in [-0.1, -0.05) is 11.8 Å². The number of carbonyl (C=O) groups is 3. The van der Waals surface area contributed by atoms with Crippen LogP contribution in [0.4, 0.5) is 0 Å².